The number of nitrogens with zero attached hydrogens (tertiary/aromatic N) is 1. The highest BCUT2D eigenvalue weighted by atomic mass is 127. The number of aromatic nitrogens is 1. The van der Waals surface area contributed by atoms with Crippen LogP contribution >= 0.6 is 22.6 Å². The van der Waals surface area contributed by atoms with Crippen LogP contribution in [0.25, 0.3) is 0 Å². The normalized spacial score (nSPS) is 11.6. The van der Waals surface area contributed by atoms with Crippen molar-refractivity contribution in [3.05, 3.63) is 24.0 Å². The summed E-state index contributed by atoms with van der Waals surface area (Å²) in [4.78, 5) is 26.0. The molecule has 1 amide bonds. The summed E-state index contributed by atoms with van der Waals surface area (Å²) < 4.78 is 3.93. The van der Waals surface area contributed by atoms with E-state index in [4.69, 9.17) is 9.84 Å². The second-order valence-electron chi connectivity index (χ2n) is 2.73. The third-order valence-corrected chi connectivity index (χ3v) is 2.52. The molecule has 1 aromatic heterocycles. The molecule has 0 fully saturated rings. The van der Waals surface area contributed by atoms with Crippen LogP contribution in [0.1, 0.15) is 10.5 Å². The maximum absolute atomic E-state index is 11.6. The zero-order chi connectivity index (χ0) is 12.1. The Morgan fingerprint density at radius 2 is 2.31 bits per heavy atom. The number of halogens is 1. The summed E-state index contributed by atoms with van der Waals surface area (Å²) in [6.45, 7) is 0. The average molecular weight is 336 g/mol. The Hall–Kier alpha value is -1.38. The molecule has 0 aliphatic heterocycles. The summed E-state index contributed by atoms with van der Waals surface area (Å²) in [5.41, 5.74) is 0.0629. The lowest BCUT2D eigenvalue weighted by molar-refractivity contribution is -0.136. The topological polar surface area (TPSA) is 88.5 Å². The quantitative estimate of drug-likeness (QED) is 0.479. The molecule has 6 nitrogen and oxygen atoms in total. The van der Waals surface area contributed by atoms with Gasteiger partial charge in [-0.15, -0.1) is 0 Å². The molecule has 0 spiro atoms. The summed E-state index contributed by atoms with van der Waals surface area (Å²) in [7, 11) is 1.41. The van der Waals surface area contributed by atoms with E-state index in [1.165, 1.54) is 13.3 Å². The van der Waals surface area contributed by atoms with Crippen molar-refractivity contribution in [3.63, 3.8) is 0 Å². The fraction of sp³-hybridized carbons (Fsp3) is 0.222. The van der Waals surface area contributed by atoms with Crippen LogP contribution in [-0.4, -0.2) is 33.1 Å². The fourth-order valence-corrected chi connectivity index (χ4v) is 1.25. The van der Waals surface area contributed by atoms with Gasteiger partial charge in [0.25, 0.3) is 5.91 Å². The number of hydrogen-bond acceptors (Lipinski definition) is 4. The predicted molar refractivity (Wildman–Crippen MR) is 63.7 cm³/mol. The molecule has 0 aliphatic rings. The molecule has 0 radical (unpaired) electrons. The molecule has 7 heteroatoms. The predicted octanol–water partition coefficient (Wildman–Crippen LogP) is 0.666. The summed E-state index contributed by atoms with van der Waals surface area (Å²) in [6, 6.07) is 3.19. The Bertz CT molecular complexity index is 410. The first-order valence-electron chi connectivity index (χ1n) is 4.23. The molecule has 1 atom stereocenters. The van der Waals surface area contributed by atoms with E-state index in [1.807, 2.05) is 0 Å². The summed E-state index contributed by atoms with van der Waals surface area (Å²) in [5.74, 6) is -1.41. The summed E-state index contributed by atoms with van der Waals surface area (Å²) >= 11 is 1.60. The van der Waals surface area contributed by atoms with Gasteiger partial charge in [0.2, 0.25) is 0 Å². The van der Waals surface area contributed by atoms with Crippen LogP contribution in [0.2, 0.25) is 0 Å². The van der Waals surface area contributed by atoms with Crippen LogP contribution in [-0.2, 0) is 4.79 Å². The Labute approximate surface area is 105 Å². The maximum Gasteiger partial charge on any atom is 0.336 e. The minimum Gasteiger partial charge on any atom is -0.494 e. The number of pyridine rings is 1. The first-order chi connectivity index (χ1) is 7.56. The molecule has 16 heavy (non-hydrogen) atoms. The minimum atomic E-state index is -1.12. The molecular formula is C9H9IN2O4. The van der Waals surface area contributed by atoms with Crippen molar-refractivity contribution < 1.29 is 19.4 Å². The number of aliphatic carboxylic acids is 1. The highest BCUT2D eigenvalue weighted by molar-refractivity contribution is 14.1. The van der Waals surface area contributed by atoms with E-state index in [2.05, 4.69) is 10.3 Å². The van der Waals surface area contributed by atoms with E-state index in [9.17, 15) is 9.59 Å². The van der Waals surface area contributed by atoms with Gasteiger partial charge in [-0.3, -0.25) is 4.79 Å². The van der Waals surface area contributed by atoms with Crippen molar-refractivity contribution in [1.29, 1.82) is 0 Å². The average Bonchev–Trinajstić information content (AvgIpc) is 2.28. The molecule has 0 aromatic carbocycles. The second kappa shape index (κ2) is 5.64. The van der Waals surface area contributed by atoms with Crippen molar-refractivity contribution in [2.45, 2.75) is 4.05 Å². The number of rotatable bonds is 4. The monoisotopic (exact) mass is 336 g/mol. The zero-order valence-corrected chi connectivity index (χ0v) is 10.5. The van der Waals surface area contributed by atoms with Crippen LogP contribution in [0.15, 0.2) is 18.3 Å². The van der Waals surface area contributed by atoms with E-state index < -0.39 is 15.9 Å². The van der Waals surface area contributed by atoms with Crippen LogP contribution in [0.4, 0.5) is 0 Å². The Balaban J connectivity index is 2.84. The van der Waals surface area contributed by atoms with E-state index in [1.54, 1.807) is 34.7 Å². The standard InChI is InChI=1S/C9H9IN2O4/c1-16-5-3-2-4-11-6(5)8(13)12-7(10)9(14)15/h2-4,7H,1H3,(H,12,13)(H,14,15). The number of alkyl halides is 1. The third-order valence-electron chi connectivity index (χ3n) is 1.68. The smallest absolute Gasteiger partial charge is 0.336 e. The number of hydrogen-bond donors (Lipinski definition) is 2. The highest BCUT2D eigenvalue weighted by Gasteiger charge is 2.20. The fourth-order valence-electron chi connectivity index (χ4n) is 0.971. The van der Waals surface area contributed by atoms with Gasteiger partial charge < -0.3 is 15.2 Å². The lowest BCUT2D eigenvalue weighted by Crippen LogP contribution is -2.36. The molecule has 0 aliphatic carbocycles. The number of methoxy groups -OCH3 is 1. The lowest BCUT2D eigenvalue weighted by atomic mass is 10.3. The number of carbonyl (C=O) groups excluding carboxylic acids is 1. The second-order valence-corrected chi connectivity index (χ2v) is 3.97. The maximum atomic E-state index is 11.6. The van der Waals surface area contributed by atoms with E-state index in [-0.39, 0.29) is 5.69 Å². The van der Waals surface area contributed by atoms with Gasteiger partial charge in [0.15, 0.2) is 9.74 Å². The van der Waals surface area contributed by atoms with Crippen molar-refractivity contribution in [3.8, 4) is 5.75 Å². The first-order valence-corrected chi connectivity index (χ1v) is 5.47. The van der Waals surface area contributed by atoms with Crippen molar-refractivity contribution in [2.24, 2.45) is 0 Å². The molecule has 0 saturated heterocycles. The molecule has 0 bridgehead atoms. The molecule has 1 aromatic rings. The van der Waals surface area contributed by atoms with Crippen LogP contribution < -0.4 is 10.1 Å². The number of carboxylic acid groups (broad SMARTS) is 1. The number of carbonyl (C=O) groups is 2. The molecule has 2 N–H and O–H groups in total. The van der Waals surface area contributed by atoms with Crippen molar-refractivity contribution in [2.75, 3.05) is 7.11 Å². The molecular weight excluding hydrogens is 327 g/mol. The van der Waals surface area contributed by atoms with Crippen LogP contribution in [0.5, 0.6) is 5.75 Å². The number of amides is 1. The minimum absolute atomic E-state index is 0.0629. The Kier molecular flexibility index (Phi) is 4.47. The van der Waals surface area contributed by atoms with Gasteiger partial charge in [0, 0.05) is 6.20 Å². The van der Waals surface area contributed by atoms with Gasteiger partial charge in [0.1, 0.15) is 5.75 Å². The highest BCUT2D eigenvalue weighted by Crippen LogP contribution is 2.14. The molecule has 1 rings (SSSR count). The van der Waals surface area contributed by atoms with Crippen molar-refractivity contribution in [1.82, 2.24) is 10.3 Å². The van der Waals surface area contributed by atoms with Gasteiger partial charge in [-0.1, -0.05) is 0 Å². The summed E-state index contributed by atoms with van der Waals surface area (Å²) in [6.07, 6.45) is 1.43. The number of carboxylic acids is 1. The van der Waals surface area contributed by atoms with Crippen LogP contribution in [0, 0.1) is 0 Å². The van der Waals surface area contributed by atoms with Gasteiger partial charge in [-0.25, -0.2) is 9.78 Å². The Morgan fingerprint density at radius 3 is 2.88 bits per heavy atom. The van der Waals surface area contributed by atoms with Gasteiger partial charge in [-0.05, 0) is 34.7 Å². The van der Waals surface area contributed by atoms with Gasteiger partial charge >= 0.3 is 5.97 Å². The number of nitrogens with one attached hydrogen (secondary N) is 1. The van der Waals surface area contributed by atoms with Crippen molar-refractivity contribution >= 4 is 34.5 Å². The molecule has 1 heterocycles. The first kappa shape index (κ1) is 12.7. The van der Waals surface area contributed by atoms with Gasteiger partial charge in [0.05, 0.1) is 7.11 Å². The van der Waals surface area contributed by atoms with Gasteiger partial charge in [-0.2, -0.15) is 0 Å². The molecule has 0 saturated carbocycles. The van der Waals surface area contributed by atoms with Crippen LogP contribution in [0.3, 0.4) is 0 Å². The SMILES string of the molecule is COc1cccnc1C(=O)NC(I)C(=O)O. The third kappa shape index (κ3) is 3.05. The lowest BCUT2D eigenvalue weighted by Gasteiger charge is -2.09. The molecule has 1 unspecified atom stereocenters. The largest absolute Gasteiger partial charge is 0.494 e. The summed E-state index contributed by atoms with van der Waals surface area (Å²) in [5, 5.41) is 10.9. The number of ether oxygens (including phenoxy) is 1. The zero-order valence-electron chi connectivity index (χ0n) is 8.31. The molecule has 86 valence electrons. The Morgan fingerprint density at radius 1 is 1.62 bits per heavy atom. The van der Waals surface area contributed by atoms with E-state index in [0.717, 1.165) is 0 Å². The van der Waals surface area contributed by atoms with E-state index >= 15 is 0 Å². The van der Waals surface area contributed by atoms with E-state index in [0.29, 0.717) is 5.75 Å².